The molecule has 0 aromatic carbocycles. The Kier molecular flexibility index (Phi) is 3.03. The highest BCUT2D eigenvalue weighted by Gasteiger charge is 2.01. The summed E-state index contributed by atoms with van der Waals surface area (Å²) in [5, 5.41) is 8.63. The number of aliphatic hydroxyl groups is 1. The highest BCUT2D eigenvalue weighted by Crippen LogP contribution is 2.15. The first-order valence-electron chi connectivity index (χ1n) is 4.16. The van der Waals surface area contributed by atoms with Gasteiger partial charge in [-0.25, -0.2) is 4.98 Å². The van der Waals surface area contributed by atoms with E-state index in [1.165, 1.54) is 0 Å². The lowest BCUT2D eigenvalue weighted by atomic mass is 10.1. The molecule has 3 heteroatoms. The molecule has 3 nitrogen and oxygen atoms in total. The van der Waals surface area contributed by atoms with Crippen LogP contribution in [0.15, 0.2) is 12.1 Å². The van der Waals surface area contributed by atoms with E-state index in [0.717, 1.165) is 16.8 Å². The summed E-state index contributed by atoms with van der Waals surface area (Å²) in [6.07, 6.45) is 3.55. The predicted molar refractivity (Wildman–Crippen MR) is 54.2 cm³/mol. The minimum absolute atomic E-state index is 0.0449. The maximum atomic E-state index is 8.63. The van der Waals surface area contributed by atoms with Gasteiger partial charge in [0.15, 0.2) is 0 Å². The minimum atomic E-state index is 0.0449. The van der Waals surface area contributed by atoms with Crippen LogP contribution in [-0.4, -0.2) is 16.7 Å². The molecule has 1 rings (SSSR count). The molecule has 70 valence electrons. The highest BCUT2D eigenvalue weighted by atomic mass is 16.2. The van der Waals surface area contributed by atoms with Gasteiger partial charge in [0.1, 0.15) is 5.82 Å². The summed E-state index contributed by atoms with van der Waals surface area (Å²) in [4.78, 5) is 4.13. The minimum Gasteiger partial charge on any atom is -0.392 e. The third kappa shape index (κ3) is 2.29. The SMILES string of the molecule is Cc1cc(N)nc(C)c1C=CCO. The number of nitrogen functional groups attached to an aromatic ring is 1. The van der Waals surface area contributed by atoms with E-state index in [4.69, 9.17) is 10.8 Å². The van der Waals surface area contributed by atoms with Crippen LogP contribution < -0.4 is 5.73 Å². The second kappa shape index (κ2) is 4.05. The zero-order chi connectivity index (χ0) is 9.84. The largest absolute Gasteiger partial charge is 0.392 e. The fourth-order valence-electron chi connectivity index (χ4n) is 1.29. The maximum Gasteiger partial charge on any atom is 0.123 e. The van der Waals surface area contributed by atoms with Crippen molar-refractivity contribution in [1.82, 2.24) is 4.98 Å². The van der Waals surface area contributed by atoms with Gasteiger partial charge < -0.3 is 10.8 Å². The van der Waals surface area contributed by atoms with Crippen molar-refractivity contribution < 1.29 is 5.11 Å². The molecule has 0 bridgehead atoms. The van der Waals surface area contributed by atoms with Gasteiger partial charge in [0.2, 0.25) is 0 Å². The van der Waals surface area contributed by atoms with Crippen molar-refractivity contribution in [3.63, 3.8) is 0 Å². The van der Waals surface area contributed by atoms with Crippen molar-refractivity contribution in [3.05, 3.63) is 29.0 Å². The second-order valence-electron chi connectivity index (χ2n) is 2.95. The second-order valence-corrected chi connectivity index (χ2v) is 2.95. The lowest BCUT2D eigenvalue weighted by Crippen LogP contribution is -1.97. The van der Waals surface area contributed by atoms with Gasteiger partial charge in [-0.3, -0.25) is 0 Å². The summed E-state index contributed by atoms with van der Waals surface area (Å²) in [5.41, 5.74) is 8.57. The van der Waals surface area contributed by atoms with Gasteiger partial charge >= 0.3 is 0 Å². The Balaban J connectivity index is 3.13. The van der Waals surface area contributed by atoms with Crippen molar-refractivity contribution in [3.8, 4) is 0 Å². The number of pyridine rings is 1. The van der Waals surface area contributed by atoms with Gasteiger partial charge in [-0.15, -0.1) is 0 Å². The van der Waals surface area contributed by atoms with Crippen molar-refractivity contribution in [2.24, 2.45) is 0 Å². The fraction of sp³-hybridized carbons (Fsp3) is 0.300. The molecule has 1 heterocycles. The highest BCUT2D eigenvalue weighted by molar-refractivity contribution is 5.58. The van der Waals surface area contributed by atoms with Crippen LogP contribution in [-0.2, 0) is 0 Å². The first-order chi connectivity index (χ1) is 6.15. The molecule has 0 saturated heterocycles. The van der Waals surface area contributed by atoms with Gasteiger partial charge in [0.25, 0.3) is 0 Å². The molecular weight excluding hydrogens is 164 g/mol. The molecule has 0 unspecified atom stereocenters. The van der Waals surface area contributed by atoms with Crippen LogP contribution in [0.25, 0.3) is 6.08 Å². The number of aliphatic hydroxyl groups excluding tert-OH is 1. The molecule has 1 aromatic heterocycles. The Morgan fingerprint density at radius 1 is 1.54 bits per heavy atom. The lowest BCUT2D eigenvalue weighted by molar-refractivity contribution is 0.343. The number of anilines is 1. The lowest BCUT2D eigenvalue weighted by Gasteiger charge is -2.05. The number of nitrogens with two attached hydrogens (primary N) is 1. The fourth-order valence-corrected chi connectivity index (χ4v) is 1.29. The number of aromatic nitrogens is 1. The first-order valence-corrected chi connectivity index (χ1v) is 4.16. The monoisotopic (exact) mass is 178 g/mol. The standard InChI is InChI=1S/C10H14N2O/c1-7-6-10(11)12-8(2)9(7)4-3-5-13/h3-4,6,13H,5H2,1-2H3,(H2,11,12). The molecule has 0 atom stereocenters. The van der Waals surface area contributed by atoms with E-state index in [1.54, 1.807) is 6.08 Å². The number of hydrogen-bond donors (Lipinski definition) is 2. The normalized spacial score (nSPS) is 11.0. The Hall–Kier alpha value is -1.35. The van der Waals surface area contributed by atoms with Crippen LogP contribution in [0.1, 0.15) is 16.8 Å². The van der Waals surface area contributed by atoms with Crippen LogP contribution in [0.3, 0.4) is 0 Å². The van der Waals surface area contributed by atoms with Crippen LogP contribution in [0, 0.1) is 13.8 Å². The molecule has 0 spiro atoms. The van der Waals surface area contributed by atoms with E-state index in [-0.39, 0.29) is 6.61 Å². The Labute approximate surface area is 77.9 Å². The molecular formula is C10H14N2O. The van der Waals surface area contributed by atoms with Crippen molar-refractivity contribution in [2.75, 3.05) is 12.3 Å². The molecule has 0 aliphatic rings. The van der Waals surface area contributed by atoms with Crippen molar-refractivity contribution in [1.29, 1.82) is 0 Å². The molecule has 0 aliphatic carbocycles. The maximum absolute atomic E-state index is 8.63. The smallest absolute Gasteiger partial charge is 0.123 e. The van der Waals surface area contributed by atoms with Crippen LogP contribution >= 0.6 is 0 Å². The Morgan fingerprint density at radius 3 is 2.77 bits per heavy atom. The quantitative estimate of drug-likeness (QED) is 0.717. The van der Waals surface area contributed by atoms with Gasteiger partial charge in [0, 0.05) is 5.69 Å². The van der Waals surface area contributed by atoms with Crippen molar-refractivity contribution in [2.45, 2.75) is 13.8 Å². The Bertz CT molecular complexity index is 309. The molecule has 0 saturated carbocycles. The summed E-state index contributed by atoms with van der Waals surface area (Å²) >= 11 is 0. The number of rotatable bonds is 2. The van der Waals surface area contributed by atoms with E-state index in [1.807, 2.05) is 26.0 Å². The zero-order valence-corrected chi connectivity index (χ0v) is 7.91. The third-order valence-corrected chi connectivity index (χ3v) is 1.87. The molecule has 3 N–H and O–H groups in total. The number of hydrogen-bond acceptors (Lipinski definition) is 3. The van der Waals surface area contributed by atoms with Gasteiger partial charge in [-0.05, 0) is 31.0 Å². The summed E-state index contributed by atoms with van der Waals surface area (Å²) in [5.74, 6) is 0.538. The predicted octanol–water partition coefficient (Wildman–Crippen LogP) is 1.29. The molecule has 0 fully saturated rings. The van der Waals surface area contributed by atoms with Crippen LogP contribution in [0.4, 0.5) is 5.82 Å². The third-order valence-electron chi connectivity index (χ3n) is 1.87. The Morgan fingerprint density at radius 2 is 2.23 bits per heavy atom. The van der Waals surface area contributed by atoms with Crippen LogP contribution in [0.5, 0.6) is 0 Å². The number of nitrogens with zero attached hydrogens (tertiary/aromatic N) is 1. The summed E-state index contributed by atoms with van der Waals surface area (Å²) < 4.78 is 0. The van der Waals surface area contributed by atoms with E-state index >= 15 is 0 Å². The van der Waals surface area contributed by atoms with E-state index < -0.39 is 0 Å². The molecule has 0 aliphatic heterocycles. The zero-order valence-electron chi connectivity index (χ0n) is 7.91. The first kappa shape index (κ1) is 9.74. The summed E-state index contributed by atoms with van der Waals surface area (Å²) in [7, 11) is 0. The van der Waals surface area contributed by atoms with E-state index in [2.05, 4.69) is 4.98 Å². The summed E-state index contributed by atoms with van der Waals surface area (Å²) in [6, 6.07) is 1.82. The average Bonchev–Trinajstić information content (AvgIpc) is 2.02. The topological polar surface area (TPSA) is 59.1 Å². The van der Waals surface area contributed by atoms with E-state index in [0.29, 0.717) is 5.82 Å². The van der Waals surface area contributed by atoms with Gasteiger partial charge in [-0.2, -0.15) is 0 Å². The van der Waals surface area contributed by atoms with Crippen LogP contribution in [0.2, 0.25) is 0 Å². The van der Waals surface area contributed by atoms with Gasteiger partial charge in [-0.1, -0.05) is 12.2 Å². The average molecular weight is 178 g/mol. The summed E-state index contributed by atoms with van der Waals surface area (Å²) in [6.45, 7) is 3.92. The van der Waals surface area contributed by atoms with E-state index in [9.17, 15) is 0 Å². The van der Waals surface area contributed by atoms with Gasteiger partial charge in [0.05, 0.1) is 6.61 Å². The number of aryl methyl sites for hydroxylation is 2. The molecule has 0 amide bonds. The molecule has 1 aromatic rings. The molecule has 0 radical (unpaired) electrons. The van der Waals surface area contributed by atoms with Crippen molar-refractivity contribution >= 4 is 11.9 Å². The molecule has 13 heavy (non-hydrogen) atoms.